The molecule has 2 amide bonds. The summed E-state index contributed by atoms with van der Waals surface area (Å²) in [6, 6.07) is 11.3. The quantitative estimate of drug-likeness (QED) is 0.617. The fraction of sp³-hybridized carbons (Fsp3) is 0.190. The molecule has 2 aromatic carbocycles. The molecule has 0 saturated carbocycles. The minimum absolute atomic E-state index is 0.0748. The molecule has 1 aromatic heterocycles. The highest BCUT2D eigenvalue weighted by Gasteiger charge is 2.21. The Morgan fingerprint density at radius 2 is 1.80 bits per heavy atom. The van der Waals surface area contributed by atoms with Gasteiger partial charge in [-0.05, 0) is 43.3 Å². The Labute approximate surface area is 171 Å². The number of pyridine rings is 1. The summed E-state index contributed by atoms with van der Waals surface area (Å²) >= 11 is 0. The Balaban J connectivity index is 1.64. The molecule has 2 heterocycles. The van der Waals surface area contributed by atoms with Crippen LogP contribution in [0.5, 0.6) is 17.2 Å². The normalized spacial score (nSPS) is 11.8. The van der Waals surface area contributed by atoms with Gasteiger partial charge in [-0.25, -0.2) is 14.6 Å². The highest BCUT2D eigenvalue weighted by molar-refractivity contribution is 6.06. The number of nitrogens with one attached hydrogen (secondary N) is 2. The molecule has 4 rings (SSSR count). The number of rotatable bonds is 5. The minimum Gasteiger partial charge on any atom is -0.497 e. The summed E-state index contributed by atoms with van der Waals surface area (Å²) < 4.78 is 21.0. The van der Waals surface area contributed by atoms with Gasteiger partial charge in [0.2, 0.25) is 6.79 Å². The van der Waals surface area contributed by atoms with Crippen LogP contribution in [0.1, 0.15) is 17.3 Å². The van der Waals surface area contributed by atoms with Crippen molar-refractivity contribution in [1.82, 2.24) is 4.98 Å². The molecule has 0 saturated heterocycles. The van der Waals surface area contributed by atoms with E-state index in [-0.39, 0.29) is 24.8 Å². The van der Waals surface area contributed by atoms with E-state index in [1.54, 1.807) is 56.5 Å². The third-order valence-electron chi connectivity index (χ3n) is 4.38. The number of anilines is 2. The molecular formula is C21H19N3O6. The number of carbonyl (C=O) groups is 2. The average Bonchev–Trinajstić information content (AvgIpc) is 3.19. The van der Waals surface area contributed by atoms with Gasteiger partial charge in [0.25, 0.3) is 0 Å². The molecule has 1 aliphatic rings. The highest BCUT2D eigenvalue weighted by Crippen LogP contribution is 2.36. The van der Waals surface area contributed by atoms with Gasteiger partial charge in [-0.1, -0.05) is 0 Å². The number of aromatic nitrogens is 1. The summed E-state index contributed by atoms with van der Waals surface area (Å²) in [5.74, 6) is 1.26. The standard InChI is InChI=1S/C21H19N3O6/c1-3-28-20(25)15-8-12-9-17-18(30-11-29-17)10-16(12)23-19(15)24-21(26)22-13-4-6-14(27-2)7-5-13/h4-10H,3,11H2,1-2H3,(H2,22,23,24,26). The lowest BCUT2D eigenvalue weighted by Crippen LogP contribution is -2.22. The van der Waals surface area contributed by atoms with Crippen LogP contribution in [0.15, 0.2) is 42.5 Å². The summed E-state index contributed by atoms with van der Waals surface area (Å²) in [5, 5.41) is 5.96. The van der Waals surface area contributed by atoms with Crippen molar-refractivity contribution in [3.63, 3.8) is 0 Å². The van der Waals surface area contributed by atoms with Crippen molar-refractivity contribution in [2.24, 2.45) is 0 Å². The van der Waals surface area contributed by atoms with Gasteiger partial charge in [-0.3, -0.25) is 5.32 Å². The van der Waals surface area contributed by atoms with E-state index in [0.29, 0.717) is 33.8 Å². The number of nitrogens with zero attached hydrogens (tertiary/aromatic N) is 1. The molecule has 0 fully saturated rings. The third-order valence-corrected chi connectivity index (χ3v) is 4.38. The lowest BCUT2D eigenvalue weighted by Gasteiger charge is -2.12. The monoisotopic (exact) mass is 409 g/mol. The van der Waals surface area contributed by atoms with E-state index < -0.39 is 12.0 Å². The summed E-state index contributed by atoms with van der Waals surface area (Å²) in [6.45, 7) is 2.01. The summed E-state index contributed by atoms with van der Waals surface area (Å²) in [4.78, 5) is 29.4. The van der Waals surface area contributed by atoms with E-state index >= 15 is 0 Å². The minimum atomic E-state index is -0.593. The molecule has 154 valence electrons. The molecule has 0 spiro atoms. The molecule has 1 aliphatic heterocycles. The maximum absolute atomic E-state index is 12.5. The molecule has 0 atom stereocenters. The van der Waals surface area contributed by atoms with Crippen LogP contribution < -0.4 is 24.8 Å². The molecule has 3 aromatic rings. The van der Waals surface area contributed by atoms with Gasteiger partial charge in [0, 0.05) is 17.1 Å². The van der Waals surface area contributed by atoms with Crippen LogP contribution in [-0.2, 0) is 4.74 Å². The molecule has 2 N–H and O–H groups in total. The average molecular weight is 409 g/mol. The SMILES string of the molecule is CCOC(=O)c1cc2cc3c(cc2nc1NC(=O)Nc1ccc(OC)cc1)OCO3. The zero-order valence-electron chi connectivity index (χ0n) is 16.4. The second-order valence-electron chi connectivity index (χ2n) is 6.31. The van der Waals surface area contributed by atoms with Crippen LogP contribution in [-0.4, -0.2) is 37.5 Å². The third kappa shape index (κ3) is 3.90. The van der Waals surface area contributed by atoms with E-state index in [0.717, 1.165) is 0 Å². The zero-order chi connectivity index (χ0) is 21.1. The first-order chi connectivity index (χ1) is 14.6. The second kappa shape index (κ2) is 8.16. The zero-order valence-corrected chi connectivity index (χ0v) is 16.4. The van der Waals surface area contributed by atoms with Crippen molar-refractivity contribution in [2.75, 3.05) is 31.1 Å². The van der Waals surface area contributed by atoms with Crippen LogP contribution in [0.25, 0.3) is 10.9 Å². The van der Waals surface area contributed by atoms with Crippen LogP contribution in [0.3, 0.4) is 0 Å². The highest BCUT2D eigenvalue weighted by atomic mass is 16.7. The number of amides is 2. The summed E-state index contributed by atoms with van der Waals surface area (Å²) in [7, 11) is 1.56. The maximum Gasteiger partial charge on any atom is 0.341 e. The van der Waals surface area contributed by atoms with E-state index in [2.05, 4.69) is 15.6 Å². The number of hydrogen-bond donors (Lipinski definition) is 2. The Hall–Kier alpha value is -4.01. The molecule has 0 unspecified atom stereocenters. The van der Waals surface area contributed by atoms with Gasteiger partial charge in [0.15, 0.2) is 11.5 Å². The van der Waals surface area contributed by atoms with Gasteiger partial charge in [-0.15, -0.1) is 0 Å². The van der Waals surface area contributed by atoms with Crippen LogP contribution in [0.2, 0.25) is 0 Å². The largest absolute Gasteiger partial charge is 0.497 e. The smallest absolute Gasteiger partial charge is 0.341 e. The maximum atomic E-state index is 12.5. The van der Waals surface area contributed by atoms with Crippen LogP contribution >= 0.6 is 0 Å². The number of urea groups is 1. The molecule has 0 aliphatic carbocycles. The van der Waals surface area contributed by atoms with Gasteiger partial charge >= 0.3 is 12.0 Å². The Morgan fingerprint density at radius 1 is 1.07 bits per heavy atom. The number of fused-ring (bicyclic) bond motifs is 2. The van der Waals surface area contributed by atoms with E-state index in [9.17, 15) is 9.59 Å². The van der Waals surface area contributed by atoms with Crippen molar-refractivity contribution in [1.29, 1.82) is 0 Å². The Morgan fingerprint density at radius 3 is 2.50 bits per heavy atom. The molecule has 9 heteroatoms. The first kappa shape index (κ1) is 19.3. The van der Waals surface area contributed by atoms with Gasteiger partial charge in [-0.2, -0.15) is 0 Å². The van der Waals surface area contributed by atoms with Crippen LogP contribution in [0.4, 0.5) is 16.3 Å². The Bertz CT molecular complexity index is 1110. The number of ether oxygens (including phenoxy) is 4. The molecule has 0 radical (unpaired) electrons. The van der Waals surface area contributed by atoms with Gasteiger partial charge < -0.3 is 24.3 Å². The molecule has 0 bridgehead atoms. The predicted octanol–water partition coefficient (Wildman–Crippen LogP) is 3.79. The lowest BCUT2D eigenvalue weighted by atomic mass is 10.1. The van der Waals surface area contributed by atoms with E-state index in [1.165, 1.54) is 0 Å². The van der Waals surface area contributed by atoms with E-state index in [1.807, 2.05) is 0 Å². The first-order valence-electron chi connectivity index (χ1n) is 9.21. The van der Waals surface area contributed by atoms with Gasteiger partial charge in [0.1, 0.15) is 17.1 Å². The number of esters is 1. The number of methoxy groups -OCH3 is 1. The van der Waals surface area contributed by atoms with Crippen LogP contribution in [0, 0.1) is 0 Å². The first-order valence-corrected chi connectivity index (χ1v) is 9.21. The van der Waals surface area contributed by atoms with Crippen molar-refractivity contribution >= 4 is 34.4 Å². The van der Waals surface area contributed by atoms with Gasteiger partial charge in [0.05, 0.1) is 19.2 Å². The Kier molecular flexibility index (Phi) is 5.25. The number of benzene rings is 2. The van der Waals surface area contributed by atoms with Crippen molar-refractivity contribution in [3.05, 3.63) is 48.0 Å². The number of hydrogen-bond acceptors (Lipinski definition) is 7. The second-order valence-corrected chi connectivity index (χ2v) is 6.31. The predicted molar refractivity (Wildman–Crippen MR) is 109 cm³/mol. The topological polar surface area (TPSA) is 108 Å². The fourth-order valence-corrected chi connectivity index (χ4v) is 2.97. The fourth-order valence-electron chi connectivity index (χ4n) is 2.97. The number of carbonyl (C=O) groups excluding carboxylic acids is 2. The lowest BCUT2D eigenvalue weighted by molar-refractivity contribution is 0.0527. The summed E-state index contributed by atoms with van der Waals surface area (Å²) in [6.07, 6.45) is 0. The van der Waals surface area contributed by atoms with Crippen molar-refractivity contribution < 1.29 is 28.5 Å². The van der Waals surface area contributed by atoms with Crippen molar-refractivity contribution in [3.8, 4) is 17.2 Å². The molecular weight excluding hydrogens is 390 g/mol. The molecule has 30 heavy (non-hydrogen) atoms. The van der Waals surface area contributed by atoms with E-state index in [4.69, 9.17) is 18.9 Å². The molecule has 9 nitrogen and oxygen atoms in total. The summed E-state index contributed by atoms with van der Waals surface area (Å²) in [5.41, 5.74) is 1.22. The van der Waals surface area contributed by atoms with Crippen molar-refractivity contribution in [2.45, 2.75) is 6.92 Å².